The number of amides is 2. The van der Waals surface area contributed by atoms with Crippen LogP contribution in [0.15, 0.2) is 72.8 Å². The lowest BCUT2D eigenvalue weighted by Crippen LogP contribution is -2.53. The monoisotopic (exact) mass is 536 g/mol. The number of rotatable bonds is 10. The quantitative estimate of drug-likeness (QED) is 0.339. The van der Waals surface area contributed by atoms with Crippen LogP contribution in [-0.2, 0) is 29.0 Å². The van der Waals surface area contributed by atoms with Crippen molar-refractivity contribution in [3.63, 3.8) is 0 Å². The molecule has 0 heterocycles. The van der Waals surface area contributed by atoms with Gasteiger partial charge in [0.05, 0.1) is 13.5 Å². The van der Waals surface area contributed by atoms with Crippen LogP contribution in [-0.4, -0.2) is 35.9 Å². The molecule has 0 aliphatic heterocycles. The van der Waals surface area contributed by atoms with E-state index in [0.717, 1.165) is 36.8 Å². The Morgan fingerprint density at radius 1 is 1.00 bits per heavy atom. The summed E-state index contributed by atoms with van der Waals surface area (Å²) in [5.74, 6) is -0.465. The summed E-state index contributed by atoms with van der Waals surface area (Å²) >= 11 is 6.27. The van der Waals surface area contributed by atoms with E-state index < -0.39 is 11.9 Å². The zero-order valence-electron chi connectivity index (χ0n) is 21.7. The van der Waals surface area contributed by atoms with Crippen molar-refractivity contribution in [2.45, 2.75) is 63.6 Å². The van der Waals surface area contributed by atoms with Crippen molar-refractivity contribution in [1.29, 1.82) is 0 Å². The molecule has 1 fully saturated rings. The molecule has 0 saturated heterocycles. The molecule has 2 amide bonds. The third-order valence-corrected chi connectivity index (χ3v) is 7.45. The molecule has 7 heteroatoms. The van der Waals surface area contributed by atoms with Gasteiger partial charge in [0.25, 0.3) is 0 Å². The first-order valence-corrected chi connectivity index (χ1v) is 13.5. The molecule has 5 nitrogen and oxygen atoms in total. The summed E-state index contributed by atoms with van der Waals surface area (Å²) < 4.78 is 20.0. The Morgan fingerprint density at radius 3 is 2.42 bits per heavy atom. The van der Waals surface area contributed by atoms with Crippen molar-refractivity contribution < 1.29 is 18.7 Å². The van der Waals surface area contributed by atoms with E-state index in [1.807, 2.05) is 54.6 Å². The van der Waals surface area contributed by atoms with Crippen LogP contribution in [0.2, 0.25) is 5.02 Å². The topological polar surface area (TPSA) is 58.6 Å². The van der Waals surface area contributed by atoms with Crippen LogP contribution in [0.1, 0.15) is 48.8 Å². The highest BCUT2D eigenvalue weighted by Crippen LogP contribution is 2.24. The number of nitrogens with zero attached hydrogens (tertiary/aromatic N) is 1. The van der Waals surface area contributed by atoms with Crippen molar-refractivity contribution in [3.8, 4) is 5.75 Å². The summed E-state index contributed by atoms with van der Waals surface area (Å²) in [5.41, 5.74) is 1.87. The van der Waals surface area contributed by atoms with Gasteiger partial charge in [0.1, 0.15) is 17.6 Å². The van der Waals surface area contributed by atoms with Gasteiger partial charge < -0.3 is 15.0 Å². The maximum atomic E-state index is 14.7. The van der Waals surface area contributed by atoms with E-state index in [4.69, 9.17) is 16.3 Å². The Morgan fingerprint density at radius 2 is 1.71 bits per heavy atom. The minimum atomic E-state index is -0.788. The van der Waals surface area contributed by atoms with Gasteiger partial charge in [-0.25, -0.2) is 4.39 Å². The highest BCUT2D eigenvalue weighted by molar-refractivity contribution is 6.31. The molecule has 1 saturated carbocycles. The Labute approximate surface area is 228 Å². The number of carbonyl (C=O) groups is 2. The number of carbonyl (C=O) groups excluding carboxylic acids is 2. The molecule has 1 unspecified atom stereocenters. The molecule has 0 radical (unpaired) electrons. The van der Waals surface area contributed by atoms with Crippen LogP contribution in [0.5, 0.6) is 5.75 Å². The van der Waals surface area contributed by atoms with E-state index in [9.17, 15) is 14.0 Å². The number of benzene rings is 3. The third kappa shape index (κ3) is 7.35. The lowest BCUT2D eigenvalue weighted by molar-refractivity contribution is -0.141. The molecule has 200 valence electrons. The zero-order chi connectivity index (χ0) is 26.9. The lowest BCUT2D eigenvalue weighted by atomic mass is 9.94. The molecule has 4 rings (SSSR count). The fourth-order valence-corrected chi connectivity index (χ4v) is 5.25. The van der Waals surface area contributed by atoms with Crippen molar-refractivity contribution in [2.75, 3.05) is 7.11 Å². The Balaban J connectivity index is 1.69. The molecule has 1 atom stereocenters. The summed E-state index contributed by atoms with van der Waals surface area (Å²) in [4.78, 5) is 29.3. The van der Waals surface area contributed by atoms with E-state index in [0.29, 0.717) is 12.2 Å². The van der Waals surface area contributed by atoms with Crippen molar-refractivity contribution in [1.82, 2.24) is 10.2 Å². The van der Waals surface area contributed by atoms with E-state index in [2.05, 4.69) is 5.32 Å². The van der Waals surface area contributed by atoms with E-state index in [1.165, 1.54) is 18.6 Å². The minimum Gasteiger partial charge on any atom is -0.497 e. The summed E-state index contributed by atoms with van der Waals surface area (Å²) in [5, 5.41) is 3.40. The Bertz CT molecular complexity index is 1210. The van der Waals surface area contributed by atoms with Gasteiger partial charge in [0, 0.05) is 29.6 Å². The standard InChI is InChI=1S/C31H34ClFN2O3/c1-38-25-15-8-12-23(18-25)21-35(30(36)20-26-27(32)16-9-17-28(26)33)29(19-22-10-4-2-5-11-22)31(37)34-24-13-6-3-7-14-24/h2,4-5,8-12,15-18,24,29H,3,6-7,13-14,19-21H2,1H3,(H,34,37). The molecule has 0 bridgehead atoms. The van der Waals surface area contributed by atoms with Gasteiger partial charge in [0.15, 0.2) is 0 Å². The highest BCUT2D eigenvalue weighted by Gasteiger charge is 2.32. The fourth-order valence-electron chi connectivity index (χ4n) is 5.02. The van der Waals surface area contributed by atoms with Crippen LogP contribution in [0, 0.1) is 5.82 Å². The predicted octanol–water partition coefficient (Wildman–Crippen LogP) is 6.12. The van der Waals surface area contributed by atoms with Crippen LogP contribution in [0.25, 0.3) is 0 Å². The predicted molar refractivity (Wildman–Crippen MR) is 148 cm³/mol. The van der Waals surface area contributed by atoms with Gasteiger partial charge >= 0.3 is 0 Å². The second kappa shape index (κ2) is 13.4. The second-order valence-electron chi connectivity index (χ2n) is 9.80. The SMILES string of the molecule is COc1cccc(CN(C(=O)Cc2c(F)cccc2Cl)C(Cc2ccccc2)C(=O)NC2CCCCC2)c1. The maximum Gasteiger partial charge on any atom is 0.243 e. The first kappa shape index (κ1) is 27.6. The first-order chi connectivity index (χ1) is 18.4. The molecule has 3 aromatic rings. The maximum absolute atomic E-state index is 14.7. The first-order valence-electron chi connectivity index (χ1n) is 13.1. The molecule has 38 heavy (non-hydrogen) atoms. The van der Waals surface area contributed by atoms with Gasteiger partial charge in [-0.15, -0.1) is 0 Å². The molecular weight excluding hydrogens is 503 g/mol. The van der Waals surface area contributed by atoms with E-state index >= 15 is 0 Å². The number of methoxy groups -OCH3 is 1. The zero-order valence-corrected chi connectivity index (χ0v) is 22.4. The van der Waals surface area contributed by atoms with Crippen molar-refractivity contribution in [2.24, 2.45) is 0 Å². The summed E-state index contributed by atoms with van der Waals surface area (Å²) in [6, 6.07) is 20.7. The summed E-state index contributed by atoms with van der Waals surface area (Å²) in [7, 11) is 1.58. The van der Waals surface area contributed by atoms with Gasteiger partial charge in [-0.1, -0.05) is 79.4 Å². The molecule has 1 aliphatic carbocycles. The summed E-state index contributed by atoms with van der Waals surface area (Å²) in [6.45, 7) is 0.164. The molecular formula is C31H34ClFN2O3. The minimum absolute atomic E-state index is 0.0873. The number of ether oxygens (including phenoxy) is 1. The molecule has 3 aromatic carbocycles. The normalized spacial score (nSPS) is 14.5. The van der Waals surface area contributed by atoms with Crippen LogP contribution in [0.4, 0.5) is 4.39 Å². The molecule has 0 aromatic heterocycles. The van der Waals surface area contributed by atoms with Gasteiger partial charge in [0.2, 0.25) is 11.8 Å². The molecule has 1 aliphatic rings. The van der Waals surface area contributed by atoms with Gasteiger partial charge in [-0.2, -0.15) is 0 Å². The largest absolute Gasteiger partial charge is 0.497 e. The van der Waals surface area contributed by atoms with Crippen LogP contribution in [0.3, 0.4) is 0 Å². The van der Waals surface area contributed by atoms with Crippen LogP contribution >= 0.6 is 11.6 Å². The van der Waals surface area contributed by atoms with Crippen LogP contribution < -0.4 is 10.1 Å². The number of nitrogens with one attached hydrogen (secondary N) is 1. The smallest absolute Gasteiger partial charge is 0.243 e. The highest BCUT2D eigenvalue weighted by atomic mass is 35.5. The van der Waals surface area contributed by atoms with Gasteiger partial charge in [-0.3, -0.25) is 9.59 Å². The Hall–Kier alpha value is -3.38. The average molecular weight is 537 g/mol. The molecule has 1 N–H and O–H groups in total. The summed E-state index contributed by atoms with van der Waals surface area (Å²) in [6.07, 6.45) is 5.26. The lowest BCUT2D eigenvalue weighted by Gasteiger charge is -2.33. The van der Waals surface area contributed by atoms with E-state index in [1.54, 1.807) is 18.1 Å². The van der Waals surface area contributed by atoms with Crippen molar-refractivity contribution >= 4 is 23.4 Å². The number of halogens is 2. The second-order valence-corrected chi connectivity index (χ2v) is 10.2. The fraction of sp³-hybridized carbons (Fsp3) is 0.355. The number of hydrogen-bond acceptors (Lipinski definition) is 3. The van der Waals surface area contributed by atoms with Gasteiger partial charge in [-0.05, 0) is 48.2 Å². The average Bonchev–Trinajstić information content (AvgIpc) is 2.94. The van der Waals surface area contributed by atoms with E-state index in [-0.39, 0.29) is 41.4 Å². The number of hydrogen-bond donors (Lipinski definition) is 1. The third-order valence-electron chi connectivity index (χ3n) is 7.10. The Kier molecular flexibility index (Phi) is 9.77. The van der Waals surface area contributed by atoms with Crippen molar-refractivity contribution in [3.05, 3.63) is 100 Å². The molecule has 0 spiro atoms.